The molecule has 8 nitrogen and oxygen atoms in total. The highest BCUT2D eigenvalue weighted by atomic mass is 35.5. The second-order valence-electron chi connectivity index (χ2n) is 6.39. The third kappa shape index (κ3) is 4.39. The fourth-order valence-corrected chi connectivity index (χ4v) is 3.77. The number of aryl methyl sites for hydroxylation is 1. The number of halogens is 1. The van der Waals surface area contributed by atoms with Crippen LogP contribution < -0.4 is 5.32 Å². The summed E-state index contributed by atoms with van der Waals surface area (Å²) in [6.45, 7) is 5.77. The molecule has 146 valence electrons. The molecular weight excluding hydrogens is 400 g/mol. The van der Waals surface area contributed by atoms with Crippen LogP contribution in [0, 0.1) is 6.92 Å². The number of nitrogens with zero attached hydrogens (tertiary/aromatic N) is 5. The lowest BCUT2D eigenvalue weighted by Crippen LogP contribution is -2.35. The third-order valence-electron chi connectivity index (χ3n) is 4.30. The number of thiazole rings is 1. The molecule has 1 aromatic carbocycles. The number of anilines is 1. The van der Waals surface area contributed by atoms with Crippen LogP contribution in [-0.4, -0.2) is 57.1 Å². The number of carbonyl (C=O) groups excluding carboxylic acids is 1. The molecule has 1 N–H and O–H groups in total. The van der Waals surface area contributed by atoms with Gasteiger partial charge in [-0.1, -0.05) is 17.7 Å². The molecule has 1 aliphatic heterocycles. The van der Waals surface area contributed by atoms with E-state index in [1.54, 1.807) is 19.1 Å². The molecule has 0 atom stereocenters. The van der Waals surface area contributed by atoms with Gasteiger partial charge in [0, 0.05) is 30.0 Å². The molecule has 0 spiro atoms. The quantitative estimate of drug-likeness (QED) is 0.685. The molecule has 28 heavy (non-hydrogen) atoms. The molecule has 0 aliphatic carbocycles. The smallest absolute Gasteiger partial charge is 0.279 e. The number of nitrogens with one attached hydrogen (secondary N) is 1. The van der Waals surface area contributed by atoms with E-state index in [-0.39, 0.29) is 11.6 Å². The average molecular weight is 419 g/mol. The highest BCUT2D eigenvalue weighted by Gasteiger charge is 2.19. The van der Waals surface area contributed by atoms with Crippen molar-refractivity contribution in [3.05, 3.63) is 51.7 Å². The van der Waals surface area contributed by atoms with Gasteiger partial charge >= 0.3 is 0 Å². The van der Waals surface area contributed by atoms with Crippen LogP contribution in [0.2, 0.25) is 5.02 Å². The van der Waals surface area contributed by atoms with Crippen molar-refractivity contribution < 1.29 is 9.53 Å². The lowest BCUT2D eigenvalue weighted by atomic mass is 10.3. The Morgan fingerprint density at radius 2 is 2.14 bits per heavy atom. The van der Waals surface area contributed by atoms with Gasteiger partial charge in [0.2, 0.25) is 0 Å². The van der Waals surface area contributed by atoms with Gasteiger partial charge in [0.05, 0.1) is 30.3 Å². The molecule has 0 saturated carbocycles. The zero-order valence-corrected chi connectivity index (χ0v) is 16.8. The maximum atomic E-state index is 12.6. The van der Waals surface area contributed by atoms with E-state index in [9.17, 15) is 4.79 Å². The van der Waals surface area contributed by atoms with Gasteiger partial charge < -0.3 is 4.74 Å². The van der Waals surface area contributed by atoms with Gasteiger partial charge in [-0.05, 0) is 25.1 Å². The number of benzene rings is 1. The minimum Gasteiger partial charge on any atom is -0.379 e. The highest BCUT2D eigenvalue weighted by Crippen LogP contribution is 2.19. The zero-order valence-electron chi connectivity index (χ0n) is 15.3. The predicted molar refractivity (Wildman–Crippen MR) is 107 cm³/mol. The molecule has 3 heterocycles. The molecule has 2 aromatic heterocycles. The van der Waals surface area contributed by atoms with Gasteiger partial charge in [0.15, 0.2) is 10.8 Å². The number of aromatic nitrogens is 4. The van der Waals surface area contributed by atoms with E-state index in [2.05, 4.69) is 25.4 Å². The normalized spacial score (nSPS) is 14.9. The predicted octanol–water partition coefficient (Wildman–Crippen LogP) is 2.77. The highest BCUT2D eigenvalue weighted by molar-refractivity contribution is 7.13. The molecular formula is C18H19ClN6O2S. The second-order valence-corrected chi connectivity index (χ2v) is 7.68. The van der Waals surface area contributed by atoms with Crippen LogP contribution in [0.3, 0.4) is 0 Å². The number of ether oxygens (including phenoxy) is 1. The van der Waals surface area contributed by atoms with Gasteiger partial charge in [0.25, 0.3) is 5.91 Å². The first kappa shape index (κ1) is 19.0. The van der Waals surface area contributed by atoms with E-state index in [4.69, 9.17) is 16.3 Å². The SMILES string of the molecule is Cc1nn(-c2cccc(Cl)c2)nc1C(=O)Nc1nc(CN2CCOCC2)cs1. The minimum absolute atomic E-state index is 0.255. The van der Waals surface area contributed by atoms with E-state index >= 15 is 0 Å². The largest absolute Gasteiger partial charge is 0.379 e. The van der Waals surface area contributed by atoms with Gasteiger partial charge in [-0.15, -0.1) is 16.4 Å². The Hall–Kier alpha value is -2.33. The minimum atomic E-state index is -0.335. The van der Waals surface area contributed by atoms with Crippen molar-refractivity contribution in [3.8, 4) is 5.69 Å². The molecule has 4 rings (SSSR count). The monoisotopic (exact) mass is 418 g/mol. The number of amides is 1. The summed E-state index contributed by atoms with van der Waals surface area (Å²) in [7, 11) is 0. The van der Waals surface area contributed by atoms with E-state index in [1.807, 2.05) is 17.5 Å². The molecule has 10 heteroatoms. The molecule has 0 radical (unpaired) electrons. The van der Waals surface area contributed by atoms with Gasteiger partial charge in [-0.25, -0.2) is 4.98 Å². The molecule has 0 unspecified atom stereocenters. The topological polar surface area (TPSA) is 85.2 Å². The Morgan fingerprint density at radius 3 is 2.93 bits per heavy atom. The number of hydrogen-bond acceptors (Lipinski definition) is 7. The van der Waals surface area contributed by atoms with Crippen molar-refractivity contribution in [2.75, 3.05) is 31.6 Å². The van der Waals surface area contributed by atoms with Crippen molar-refractivity contribution in [2.45, 2.75) is 13.5 Å². The van der Waals surface area contributed by atoms with Crippen molar-refractivity contribution in [2.24, 2.45) is 0 Å². The van der Waals surface area contributed by atoms with Crippen molar-refractivity contribution in [3.63, 3.8) is 0 Å². The Bertz CT molecular complexity index is 982. The lowest BCUT2D eigenvalue weighted by Gasteiger charge is -2.25. The third-order valence-corrected chi connectivity index (χ3v) is 5.34. The Kier molecular flexibility index (Phi) is 5.67. The molecule has 1 amide bonds. The summed E-state index contributed by atoms with van der Waals surface area (Å²) in [4.78, 5) is 20.8. The molecule has 0 bridgehead atoms. The first-order chi connectivity index (χ1) is 13.6. The van der Waals surface area contributed by atoms with Gasteiger partial charge in [-0.2, -0.15) is 9.90 Å². The number of morpholine rings is 1. The Morgan fingerprint density at radius 1 is 1.32 bits per heavy atom. The van der Waals surface area contributed by atoms with E-state index in [0.29, 0.717) is 21.5 Å². The first-order valence-electron chi connectivity index (χ1n) is 8.84. The summed E-state index contributed by atoms with van der Waals surface area (Å²) >= 11 is 7.42. The number of carbonyl (C=O) groups is 1. The van der Waals surface area contributed by atoms with Crippen molar-refractivity contribution >= 4 is 34.0 Å². The number of rotatable bonds is 5. The van der Waals surface area contributed by atoms with Gasteiger partial charge in [0.1, 0.15) is 0 Å². The Labute approximate surface area is 171 Å². The summed E-state index contributed by atoms with van der Waals surface area (Å²) < 4.78 is 5.36. The van der Waals surface area contributed by atoms with Crippen LogP contribution in [-0.2, 0) is 11.3 Å². The van der Waals surface area contributed by atoms with Crippen LogP contribution >= 0.6 is 22.9 Å². The molecule has 1 saturated heterocycles. The summed E-state index contributed by atoms with van der Waals surface area (Å²) in [6.07, 6.45) is 0. The van der Waals surface area contributed by atoms with Crippen LogP contribution in [0.15, 0.2) is 29.6 Å². The second kappa shape index (κ2) is 8.36. The van der Waals surface area contributed by atoms with E-state index in [1.165, 1.54) is 16.1 Å². The molecule has 1 aliphatic rings. The van der Waals surface area contributed by atoms with E-state index in [0.717, 1.165) is 38.5 Å². The maximum Gasteiger partial charge on any atom is 0.279 e. The van der Waals surface area contributed by atoms with Crippen LogP contribution in [0.5, 0.6) is 0 Å². The number of hydrogen-bond donors (Lipinski definition) is 1. The Balaban J connectivity index is 1.44. The van der Waals surface area contributed by atoms with Gasteiger partial charge in [-0.3, -0.25) is 15.0 Å². The lowest BCUT2D eigenvalue weighted by molar-refractivity contribution is 0.0337. The van der Waals surface area contributed by atoms with Crippen LogP contribution in [0.4, 0.5) is 5.13 Å². The maximum absolute atomic E-state index is 12.6. The summed E-state index contributed by atoms with van der Waals surface area (Å²) in [6, 6.07) is 7.14. The molecule has 1 fully saturated rings. The summed E-state index contributed by atoms with van der Waals surface area (Å²) in [5, 5.41) is 14.5. The van der Waals surface area contributed by atoms with Crippen molar-refractivity contribution in [1.29, 1.82) is 0 Å². The van der Waals surface area contributed by atoms with Crippen molar-refractivity contribution in [1.82, 2.24) is 24.9 Å². The van der Waals surface area contributed by atoms with E-state index < -0.39 is 0 Å². The van der Waals surface area contributed by atoms with Crippen LogP contribution in [0.1, 0.15) is 21.9 Å². The fourth-order valence-electron chi connectivity index (χ4n) is 2.89. The molecule has 3 aromatic rings. The van der Waals surface area contributed by atoms with Crippen LogP contribution in [0.25, 0.3) is 5.69 Å². The summed E-state index contributed by atoms with van der Waals surface area (Å²) in [5.41, 5.74) is 2.41. The average Bonchev–Trinajstić information content (AvgIpc) is 3.29. The summed E-state index contributed by atoms with van der Waals surface area (Å²) in [5.74, 6) is -0.335. The zero-order chi connectivity index (χ0) is 19.5. The first-order valence-corrected chi connectivity index (χ1v) is 10.1. The standard InChI is InChI=1S/C18H19ClN6O2S/c1-12-16(23-25(22-12)15-4-2-3-13(19)9-15)17(26)21-18-20-14(11-28-18)10-24-5-7-27-8-6-24/h2-4,9,11H,5-8,10H2,1H3,(H,20,21,26). The fraction of sp³-hybridized carbons (Fsp3) is 0.333.